The van der Waals surface area contributed by atoms with Crippen LogP contribution in [0.1, 0.15) is 12.5 Å². The zero-order valence-electron chi connectivity index (χ0n) is 11.1. The lowest BCUT2D eigenvalue weighted by Crippen LogP contribution is -2.35. The second-order valence-corrected chi connectivity index (χ2v) is 5.08. The van der Waals surface area contributed by atoms with Crippen LogP contribution in [0.25, 0.3) is 0 Å². The van der Waals surface area contributed by atoms with Gasteiger partial charge in [-0.15, -0.1) is 0 Å². The predicted octanol–water partition coefficient (Wildman–Crippen LogP) is 0.981. The van der Waals surface area contributed by atoms with Gasteiger partial charge < -0.3 is 4.74 Å². The molecule has 0 unspecified atom stereocenters. The standard InChI is InChI=1S/C15H15NO4/c1-2-20-15(19)12-10-11(12)14(18)16(13(10)17)8-9-6-4-3-5-7-9/h3-7,10-12H,2,8H2,1H3/t10-,11-/m1/s1. The third kappa shape index (κ3) is 1.90. The minimum absolute atomic E-state index is 0.248. The summed E-state index contributed by atoms with van der Waals surface area (Å²) in [6.45, 7) is 2.26. The number of imide groups is 1. The fourth-order valence-electron chi connectivity index (χ4n) is 2.85. The van der Waals surface area contributed by atoms with E-state index in [1.807, 2.05) is 30.3 Å². The number of carbonyl (C=O) groups is 3. The largest absolute Gasteiger partial charge is 0.466 e. The highest BCUT2D eigenvalue weighted by atomic mass is 16.5. The summed E-state index contributed by atoms with van der Waals surface area (Å²) in [5.74, 6) is -2.47. The molecule has 1 aliphatic heterocycles. The molecule has 0 aromatic heterocycles. The molecule has 0 N–H and O–H groups in total. The molecule has 0 spiro atoms. The molecule has 1 heterocycles. The lowest BCUT2D eigenvalue weighted by Gasteiger charge is -2.18. The van der Waals surface area contributed by atoms with Gasteiger partial charge in [-0.2, -0.15) is 0 Å². The number of likely N-dealkylation sites (tertiary alicyclic amines) is 1. The zero-order chi connectivity index (χ0) is 14.3. The smallest absolute Gasteiger partial charge is 0.310 e. The summed E-state index contributed by atoms with van der Waals surface area (Å²) >= 11 is 0. The molecule has 20 heavy (non-hydrogen) atoms. The summed E-state index contributed by atoms with van der Waals surface area (Å²) in [7, 11) is 0. The van der Waals surface area contributed by atoms with E-state index >= 15 is 0 Å². The van der Waals surface area contributed by atoms with Crippen molar-refractivity contribution >= 4 is 17.8 Å². The van der Waals surface area contributed by atoms with Crippen molar-refractivity contribution < 1.29 is 19.1 Å². The predicted molar refractivity (Wildman–Crippen MR) is 69.1 cm³/mol. The first-order valence-electron chi connectivity index (χ1n) is 6.71. The van der Waals surface area contributed by atoms with Gasteiger partial charge in [0.1, 0.15) is 0 Å². The number of fused-ring (bicyclic) bond motifs is 1. The minimum atomic E-state index is -0.554. The lowest BCUT2D eigenvalue weighted by atomic mass is 10.2. The van der Waals surface area contributed by atoms with Gasteiger partial charge in [0, 0.05) is 0 Å². The Labute approximate surface area is 116 Å². The van der Waals surface area contributed by atoms with E-state index in [-0.39, 0.29) is 25.0 Å². The van der Waals surface area contributed by atoms with Crippen LogP contribution in [-0.2, 0) is 25.7 Å². The molecular formula is C15H15NO4. The number of piperidine rings is 1. The van der Waals surface area contributed by atoms with E-state index in [9.17, 15) is 14.4 Å². The highest BCUT2D eigenvalue weighted by Gasteiger charge is 2.70. The maximum atomic E-state index is 12.2. The number of hydrogen-bond acceptors (Lipinski definition) is 4. The van der Waals surface area contributed by atoms with E-state index in [2.05, 4.69) is 0 Å². The van der Waals surface area contributed by atoms with Gasteiger partial charge in [0.15, 0.2) is 0 Å². The van der Waals surface area contributed by atoms with E-state index < -0.39 is 23.7 Å². The van der Waals surface area contributed by atoms with E-state index in [1.54, 1.807) is 6.92 Å². The van der Waals surface area contributed by atoms with Crippen molar-refractivity contribution in [1.29, 1.82) is 0 Å². The number of benzene rings is 1. The highest BCUT2D eigenvalue weighted by molar-refractivity contribution is 6.13. The Morgan fingerprint density at radius 2 is 1.75 bits per heavy atom. The molecule has 3 rings (SSSR count). The third-order valence-electron chi connectivity index (χ3n) is 3.86. The van der Waals surface area contributed by atoms with Crippen molar-refractivity contribution in [3.8, 4) is 0 Å². The van der Waals surface area contributed by atoms with E-state index in [0.29, 0.717) is 0 Å². The first-order valence-corrected chi connectivity index (χ1v) is 6.71. The molecule has 104 valence electrons. The van der Waals surface area contributed by atoms with Crippen molar-refractivity contribution in [1.82, 2.24) is 4.90 Å². The molecular weight excluding hydrogens is 258 g/mol. The molecule has 1 aromatic rings. The van der Waals surface area contributed by atoms with Crippen LogP contribution in [0.4, 0.5) is 0 Å². The third-order valence-corrected chi connectivity index (χ3v) is 3.86. The number of nitrogens with zero attached hydrogens (tertiary/aromatic N) is 1. The average molecular weight is 273 g/mol. The average Bonchev–Trinajstić information content (AvgIpc) is 3.15. The van der Waals surface area contributed by atoms with Crippen LogP contribution < -0.4 is 0 Å². The molecule has 1 aliphatic carbocycles. The summed E-state index contributed by atoms with van der Waals surface area (Å²) in [5, 5.41) is 0. The maximum absolute atomic E-state index is 12.2. The topological polar surface area (TPSA) is 63.7 Å². The Morgan fingerprint density at radius 1 is 1.15 bits per heavy atom. The highest BCUT2D eigenvalue weighted by Crippen LogP contribution is 2.54. The molecule has 5 heteroatoms. The van der Waals surface area contributed by atoms with Crippen LogP contribution >= 0.6 is 0 Å². The monoisotopic (exact) mass is 273 g/mol. The Hall–Kier alpha value is -2.17. The Bertz CT molecular complexity index is 546. The summed E-state index contributed by atoms with van der Waals surface area (Å²) in [6.07, 6.45) is 0. The van der Waals surface area contributed by atoms with Crippen molar-refractivity contribution in [2.24, 2.45) is 17.8 Å². The van der Waals surface area contributed by atoms with Gasteiger partial charge in [-0.05, 0) is 12.5 Å². The number of esters is 1. The molecule has 2 amide bonds. The van der Waals surface area contributed by atoms with Crippen LogP contribution in [0.5, 0.6) is 0 Å². The number of amides is 2. The van der Waals surface area contributed by atoms with Crippen LogP contribution in [0.2, 0.25) is 0 Å². The molecule has 1 saturated heterocycles. The maximum Gasteiger partial charge on any atom is 0.310 e. The van der Waals surface area contributed by atoms with E-state index in [0.717, 1.165) is 5.56 Å². The fourth-order valence-corrected chi connectivity index (χ4v) is 2.85. The van der Waals surface area contributed by atoms with Crippen LogP contribution in [0.15, 0.2) is 30.3 Å². The normalized spacial score (nSPS) is 27.4. The van der Waals surface area contributed by atoms with E-state index in [1.165, 1.54) is 4.90 Å². The van der Waals surface area contributed by atoms with Gasteiger partial charge in [0.05, 0.1) is 30.9 Å². The number of rotatable bonds is 4. The van der Waals surface area contributed by atoms with Crippen molar-refractivity contribution in [3.05, 3.63) is 35.9 Å². The number of ether oxygens (including phenoxy) is 1. The molecule has 1 aromatic carbocycles. The summed E-state index contributed by atoms with van der Waals surface area (Å²) in [6, 6.07) is 9.34. The fraction of sp³-hybridized carbons (Fsp3) is 0.400. The second kappa shape index (κ2) is 4.74. The first-order chi connectivity index (χ1) is 9.65. The Balaban J connectivity index is 1.70. The van der Waals surface area contributed by atoms with Crippen LogP contribution in [-0.4, -0.2) is 29.3 Å². The van der Waals surface area contributed by atoms with Gasteiger partial charge in [-0.1, -0.05) is 30.3 Å². The SMILES string of the molecule is CCOC(=O)C1[C@@H]2C(=O)N(Cc3ccccc3)C(=O)[C@@H]12. The lowest BCUT2D eigenvalue weighted by molar-refractivity contribution is -0.152. The van der Waals surface area contributed by atoms with Gasteiger partial charge >= 0.3 is 5.97 Å². The quantitative estimate of drug-likeness (QED) is 0.606. The molecule has 0 bridgehead atoms. The van der Waals surface area contributed by atoms with Crippen molar-refractivity contribution in [2.75, 3.05) is 6.61 Å². The minimum Gasteiger partial charge on any atom is -0.466 e. The molecule has 2 aliphatic rings. The van der Waals surface area contributed by atoms with Gasteiger partial charge in [-0.25, -0.2) is 0 Å². The number of carbonyl (C=O) groups excluding carboxylic acids is 3. The Morgan fingerprint density at radius 3 is 2.30 bits per heavy atom. The van der Waals surface area contributed by atoms with E-state index in [4.69, 9.17) is 4.74 Å². The summed E-state index contributed by atoms with van der Waals surface area (Å²) in [4.78, 5) is 37.2. The van der Waals surface area contributed by atoms with Crippen molar-refractivity contribution in [2.45, 2.75) is 13.5 Å². The summed E-state index contributed by atoms with van der Waals surface area (Å²) in [5.41, 5.74) is 0.906. The number of hydrogen-bond donors (Lipinski definition) is 0. The molecule has 0 radical (unpaired) electrons. The zero-order valence-corrected chi connectivity index (χ0v) is 11.1. The molecule has 2 fully saturated rings. The Kier molecular flexibility index (Phi) is 3.04. The van der Waals surface area contributed by atoms with Gasteiger partial charge in [-0.3, -0.25) is 19.3 Å². The molecule has 5 nitrogen and oxygen atoms in total. The van der Waals surface area contributed by atoms with Gasteiger partial charge in [0.2, 0.25) is 11.8 Å². The molecule has 1 saturated carbocycles. The molecule has 2 atom stereocenters. The van der Waals surface area contributed by atoms with Crippen LogP contribution in [0.3, 0.4) is 0 Å². The van der Waals surface area contributed by atoms with Crippen LogP contribution in [0, 0.1) is 17.8 Å². The first kappa shape index (κ1) is 12.8. The summed E-state index contributed by atoms with van der Waals surface area (Å²) < 4.78 is 4.89. The van der Waals surface area contributed by atoms with Gasteiger partial charge in [0.25, 0.3) is 0 Å². The van der Waals surface area contributed by atoms with Crippen molar-refractivity contribution in [3.63, 3.8) is 0 Å². The second-order valence-electron chi connectivity index (χ2n) is 5.08.